The number of aromatic nitrogens is 1. The Labute approximate surface area is 161 Å². The van der Waals surface area contributed by atoms with Crippen LogP contribution in [0.4, 0.5) is 0 Å². The number of benzene rings is 2. The Hall–Kier alpha value is -2.42. The molecule has 0 amide bonds. The highest BCUT2D eigenvalue weighted by Gasteiger charge is 2.18. The normalized spacial score (nSPS) is 13.7. The first-order valence-corrected chi connectivity index (χ1v) is 10.8. The van der Waals surface area contributed by atoms with Crippen LogP contribution in [-0.2, 0) is 16.7 Å². The Morgan fingerprint density at radius 1 is 1.11 bits per heavy atom. The number of thiazole rings is 1. The first kappa shape index (κ1) is 18.0. The number of ether oxygens (including phenoxy) is 2. The van der Waals surface area contributed by atoms with Crippen molar-refractivity contribution in [2.75, 3.05) is 12.5 Å². The highest BCUT2D eigenvalue weighted by molar-refractivity contribution is 7.85. The van der Waals surface area contributed by atoms with E-state index in [1.165, 1.54) is 0 Å². The summed E-state index contributed by atoms with van der Waals surface area (Å²) in [5.74, 6) is 1.10. The van der Waals surface area contributed by atoms with Crippen LogP contribution in [0.1, 0.15) is 17.0 Å². The molecular formula is C19H17NO5S2. The van der Waals surface area contributed by atoms with Gasteiger partial charge in [-0.2, -0.15) is 4.57 Å². The second kappa shape index (κ2) is 7.30. The molecule has 6 nitrogen and oxygen atoms in total. The van der Waals surface area contributed by atoms with E-state index in [0.717, 1.165) is 32.3 Å². The first-order chi connectivity index (χ1) is 13.0. The number of hydrogen-bond acceptors (Lipinski definition) is 6. The van der Waals surface area contributed by atoms with Crippen LogP contribution in [0, 0.1) is 0 Å². The van der Waals surface area contributed by atoms with Crippen molar-refractivity contribution in [2.24, 2.45) is 0 Å². The van der Waals surface area contributed by atoms with Gasteiger partial charge >= 0.3 is 0 Å². The smallest absolute Gasteiger partial charge is 0.262 e. The van der Waals surface area contributed by atoms with E-state index in [-0.39, 0.29) is 19.0 Å². The molecule has 27 heavy (non-hydrogen) atoms. The highest BCUT2D eigenvalue weighted by Crippen LogP contribution is 2.33. The molecule has 0 saturated heterocycles. The summed E-state index contributed by atoms with van der Waals surface area (Å²) in [4.78, 5) is 0. The number of hydrogen-bond donors (Lipinski definition) is 0. The number of rotatable bonds is 6. The zero-order valence-electron chi connectivity index (χ0n) is 14.3. The lowest BCUT2D eigenvalue weighted by Crippen LogP contribution is -2.35. The molecule has 0 fully saturated rings. The maximum atomic E-state index is 10.9. The van der Waals surface area contributed by atoms with Gasteiger partial charge < -0.3 is 14.0 Å². The van der Waals surface area contributed by atoms with Crippen molar-refractivity contribution in [1.82, 2.24) is 0 Å². The average Bonchev–Trinajstić information content (AvgIpc) is 3.23. The molecule has 0 spiro atoms. The van der Waals surface area contributed by atoms with Crippen molar-refractivity contribution in [1.29, 1.82) is 0 Å². The number of fused-ring (bicyclic) bond motifs is 2. The van der Waals surface area contributed by atoms with Crippen molar-refractivity contribution in [3.8, 4) is 11.5 Å². The molecule has 0 atom stereocenters. The molecule has 0 bridgehead atoms. The van der Waals surface area contributed by atoms with Gasteiger partial charge in [0.25, 0.3) is 5.01 Å². The first-order valence-electron chi connectivity index (χ1n) is 8.42. The van der Waals surface area contributed by atoms with Crippen LogP contribution < -0.4 is 14.0 Å². The van der Waals surface area contributed by atoms with Crippen molar-refractivity contribution < 1.29 is 27.0 Å². The maximum absolute atomic E-state index is 10.9. The van der Waals surface area contributed by atoms with E-state index in [1.54, 1.807) is 11.3 Å². The second-order valence-electron chi connectivity index (χ2n) is 6.12. The molecule has 8 heteroatoms. The number of nitrogens with zero attached hydrogens (tertiary/aromatic N) is 1. The summed E-state index contributed by atoms with van der Waals surface area (Å²) in [7, 11) is -4.21. The molecule has 0 radical (unpaired) electrons. The van der Waals surface area contributed by atoms with Gasteiger partial charge in [-0.25, -0.2) is 8.42 Å². The molecule has 1 aliphatic rings. The van der Waals surface area contributed by atoms with Crippen molar-refractivity contribution >= 4 is 43.8 Å². The molecule has 4 rings (SSSR count). The molecule has 0 N–H and O–H groups in total. The number of aryl methyl sites for hydroxylation is 1. The summed E-state index contributed by atoms with van der Waals surface area (Å²) in [6, 6.07) is 13.7. The lowest BCUT2D eigenvalue weighted by molar-refractivity contribution is -0.668. The average molecular weight is 403 g/mol. The van der Waals surface area contributed by atoms with Crippen LogP contribution in [0.3, 0.4) is 0 Å². The third-order valence-corrected chi connectivity index (χ3v) is 6.15. The Kier molecular flexibility index (Phi) is 4.86. The van der Waals surface area contributed by atoms with Crippen LogP contribution in [0.15, 0.2) is 42.5 Å². The summed E-state index contributed by atoms with van der Waals surface area (Å²) in [6.45, 7) is 0.702. The van der Waals surface area contributed by atoms with Crippen molar-refractivity contribution in [3.05, 3.63) is 53.0 Å². The minimum absolute atomic E-state index is 0.238. The highest BCUT2D eigenvalue weighted by atomic mass is 32.2. The van der Waals surface area contributed by atoms with Crippen LogP contribution in [0.25, 0.3) is 22.4 Å². The van der Waals surface area contributed by atoms with E-state index < -0.39 is 10.1 Å². The fourth-order valence-electron chi connectivity index (χ4n) is 2.99. The van der Waals surface area contributed by atoms with Crippen molar-refractivity contribution in [3.63, 3.8) is 0 Å². The largest absolute Gasteiger partial charge is 0.748 e. The minimum Gasteiger partial charge on any atom is -0.748 e. The molecule has 2 heterocycles. The van der Waals surface area contributed by atoms with Gasteiger partial charge in [-0.1, -0.05) is 29.5 Å². The van der Waals surface area contributed by atoms with Crippen LogP contribution >= 0.6 is 11.3 Å². The van der Waals surface area contributed by atoms with Crippen LogP contribution in [0.2, 0.25) is 0 Å². The van der Waals surface area contributed by atoms with Gasteiger partial charge in [0.15, 0.2) is 18.0 Å². The number of para-hydroxylation sites is 1. The third-order valence-electron chi connectivity index (χ3n) is 4.23. The van der Waals surface area contributed by atoms with Gasteiger partial charge in [0.05, 0.1) is 10.1 Å². The molecular weight excluding hydrogens is 386 g/mol. The predicted octanol–water partition coefficient (Wildman–Crippen LogP) is 3.02. The summed E-state index contributed by atoms with van der Waals surface area (Å²) in [5, 5.41) is 0.983. The molecule has 0 saturated carbocycles. The van der Waals surface area contributed by atoms with Gasteiger partial charge in [-0.05, 0) is 29.8 Å². The second-order valence-corrected chi connectivity index (χ2v) is 8.71. The lowest BCUT2D eigenvalue weighted by Gasteiger charge is -2.04. The summed E-state index contributed by atoms with van der Waals surface area (Å²) in [6.07, 6.45) is 4.25. The van der Waals surface area contributed by atoms with Crippen LogP contribution in [-0.4, -0.2) is 25.5 Å². The molecule has 1 aromatic heterocycles. The molecule has 2 aromatic carbocycles. The quantitative estimate of drug-likeness (QED) is 0.467. The molecule has 1 aliphatic heterocycles. The van der Waals surface area contributed by atoms with E-state index in [0.29, 0.717) is 6.54 Å². The molecule has 0 unspecified atom stereocenters. The monoisotopic (exact) mass is 403 g/mol. The van der Waals surface area contributed by atoms with Crippen molar-refractivity contribution in [2.45, 2.75) is 13.0 Å². The fraction of sp³-hybridized carbons (Fsp3) is 0.211. The van der Waals surface area contributed by atoms with E-state index >= 15 is 0 Å². The van der Waals surface area contributed by atoms with Gasteiger partial charge in [-0.15, -0.1) is 0 Å². The lowest BCUT2D eigenvalue weighted by atomic mass is 10.2. The van der Waals surface area contributed by atoms with E-state index in [1.807, 2.05) is 54.6 Å². The molecule has 140 valence electrons. The Bertz CT molecular complexity index is 1120. The predicted molar refractivity (Wildman–Crippen MR) is 103 cm³/mol. The Morgan fingerprint density at radius 3 is 2.78 bits per heavy atom. The topological polar surface area (TPSA) is 79.5 Å². The summed E-state index contributed by atoms with van der Waals surface area (Å²) < 4.78 is 46.6. The fourth-order valence-corrected chi connectivity index (χ4v) is 4.56. The van der Waals surface area contributed by atoms with Gasteiger partial charge in [0.1, 0.15) is 4.70 Å². The van der Waals surface area contributed by atoms with Gasteiger partial charge in [-0.3, -0.25) is 0 Å². The van der Waals surface area contributed by atoms with Crippen LogP contribution in [0.5, 0.6) is 11.5 Å². The summed E-state index contributed by atoms with van der Waals surface area (Å²) >= 11 is 1.62. The zero-order chi connectivity index (χ0) is 18.9. The van der Waals surface area contributed by atoms with E-state index in [2.05, 4.69) is 4.57 Å². The van der Waals surface area contributed by atoms with E-state index in [9.17, 15) is 13.0 Å². The standard InChI is InChI=1S/C19H17NO5S2/c21-27(22,23)11-3-10-20-15-4-1-2-5-18(15)26-19(20)9-7-14-6-8-16-17(12-14)25-13-24-16/h1-2,4-9,12H,3,10-11,13H2/b9-7+. The van der Waals surface area contributed by atoms with Gasteiger partial charge in [0, 0.05) is 24.3 Å². The summed E-state index contributed by atoms with van der Waals surface area (Å²) in [5.41, 5.74) is 2.00. The third kappa shape index (κ3) is 4.13. The van der Waals surface area contributed by atoms with Gasteiger partial charge in [0.2, 0.25) is 12.3 Å². The molecule has 3 aromatic rings. The minimum atomic E-state index is -4.21. The zero-order valence-corrected chi connectivity index (χ0v) is 16.0. The molecule has 0 aliphatic carbocycles. The Balaban J connectivity index is 1.63. The van der Waals surface area contributed by atoms with E-state index in [4.69, 9.17) is 9.47 Å². The SMILES string of the molecule is O=S(=O)([O-])CCC[n+]1c(/C=C/c2ccc3c(c2)OCO3)sc2ccccc21. The maximum Gasteiger partial charge on any atom is 0.262 e. The Morgan fingerprint density at radius 2 is 1.93 bits per heavy atom.